The van der Waals surface area contributed by atoms with Crippen LogP contribution in [-0.2, 0) is 16.6 Å². The number of carbonyl (C=O) groups is 3. The van der Waals surface area contributed by atoms with Crippen molar-refractivity contribution in [2.75, 3.05) is 7.05 Å². The summed E-state index contributed by atoms with van der Waals surface area (Å²) in [5.41, 5.74) is 0.328. The largest absolute Gasteiger partial charge is 0.448 e. The summed E-state index contributed by atoms with van der Waals surface area (Å²) >= 11 is 0. The fourth-order valence-electron chi connectivity index (χ4n) is 1.22. The summed E-state index contributed by atoms with van der Waals surface area (Å²) in [7, 11) is 3.06. The van der Waals surface area contributed by atoms with Gasteiger partial charge in [-0.25, -0.2) is 9.59 Å². The molecule has 18 heavy (non-hydrogen) atoms. The number of carbonyl (C=O) groups excluding carboxylic acids is 3. The van der Waals surface area contributed by atoms with E-state index in [1.807, 2.05) is 5.32 Å². The minimum atomic E-state index is -1.05. The van der Waals surface area contributed by atoms with Gasteiger partial charge in [-0.3, -0.25) is 10.1 Å². The molecule has 1 aromatic rings. The van der Waals surface area contributed by atoms with E-state index < -0.39 is 24.0 Å². The Hall–Kier alpha value is -2.31. The molecule has 0 aliphatic carbocycles. The lowest BCUT2D eigenvalue weighted by atomic mass is 10.3. The Morgan fingerprint density at radius 2 is 2.06 bits per heavy atom. The number of nitrogens with zero attached hydrogens (tertiary/aromatic N) is 1. The van der Waals surface area contributed by atoms with E-state index >= 15 is 0 Å². The number of amides is 3. The van der Waals surface area contributed by atoms with Gasteiger partial charge >= 0.3 is 12.0 Å². The van der Waals surface area contributed by atoms with Gasteiger partial charge in [0.25, 0.3) is 5.91 Å². The molecule has 98 valence electrons. The number of hydrogen-bond acceptors (Lipinski definition) is 4. The molecule has 0 aromatic carbocycles. The highest BCUT2D eigenvalue weighted by atomic mass is 16.5. The first-order chi connectivity index (χ1) is 8.45. The quantitative estimate of drug-likeness (QED) is 0.743. The van der Waals surface area contributed by atoms with E-state index in [2.05, 4.69) is 5.32 Å². The van der Waals surface area contributed by atoms with E-state index in [0.29, 0.717) is 5.69 Å². The Bertz CT molecular complexity index is 467. The maximum absolute atomic E-state index is 11.7. The lowest BCUT2D eigenvalue weighted by molar-refractivity contribution is -0.127. The van der Waals surface area contributed by atoms with Gasteiger partial charge in [-0.15, -0.1) is 0 Å². The minimum Gasteiger partial charge on any atom is -0.448 e. The van der Waals surface area contributed by atoms with Gasteiger partial charge in [0.05, 0.1) is 0 Å². The average molecular weight is 253 g/mol. The van der Waals surface area contributed by atoms with Crippen molar-refractivity contribution in [2.24, 2.45) is 7.05 Å². The molecule has 0 saturated heterocycles. The Morgan fingerprint density at radius 3 is 2.56 bits per heavy atom. The minimum absolute atomic E-state index is 0.328. The second-order valence-corrected chi connectivity index (χ2v) is 3.62. The van der Waals surface area contributed by atoms with Crippen LogP contribution in [0.2, 0.25) is 0 Å². The molecule has 1 rings (SSSR count). The fraction of sp³-hybridized carbons (Fsp3) is 0.364. The van der Waals surface area contributed by atoms with Crippen LogP contribution in [0.15, 0.2) is 18.3 Å². The summed E-state index contributed by atoms with van der Waals surface area (Å²) in [6.45, 7) is 1.39. The van der Waals surface area contributed by atoms with Crippen LogP contribution >= 0.6 is 0 Å². The molecule has 0 aliphatic rings. The zero-order valence-corrected chi connectivity index (χ0v) is 10.4. The van der Waals surface area contributed by atoms with Gasteiger partial charge in [-0.2, -0.15) is 0 Å². The van der Waals surface area contributed by atoms with Gasteiger partial charge < -0.3 is 14.6 Å². The number of ether oxygens (including phenoxy) is 1. The first kappa shape index (κ1) is 13.8. The molecule has 0 saturated carbocycles. The molecule has 7 nitrogen and oxygen atoms in total. The third-order valence-corrected chi connectivity index (χ3v) is 2.27. The summed E-state index contributed by atoms with van der Waals surface area (Å²) < 4.78 is 6.51. The van der Waals surface area contributed by atoms with E-state index in [0.717, 1.165) is 0 Å². The van der Waals surface area contributed by atoms with Gasteiger partial charge in [0.1, 0.15) is 5.69 Å². The van der Waals surface area contributed by atoms with Gasteiger partial charge in [-0.05, 0) is 19.1 Å². The number of nitrogens with one attached hydrogen (secondary N) is 2. The first-order valence-corrected chi connectivity index (χ1v) is 5.30. The average Bonchev–Trinajstić information content (AvgIpc) is 2.75. The van der Waals surface area contributed by atoms with Crippen LogP contribution in [0.5, 0.6) is 0 Å². The molecular formula is C11H15N3O4. The van der Waals surface area contributed by atoms with Crippen molar-refractivity contribution in [3.63, 3.8) is 0 Å². The van der Waals surface area contributed by atoms with Gasteiger partial charge in [0, 0.05) is 20.3 Å². The standard InChI is InChI=1S/C11H15N3O4/c1-7(9(15)13-11(17)12-2)18-10(16)8-5-4-6-14(8)3/h4-7H,1-3H3,(H2,12,13,15,17)/t7-/m0/s1. The van der Waals surface area contributed by atoms with Gasteiger partial charge in [0.15, 0.2) is 6.10 Å². The summed E-state index contributed by atoms with van der Waals surface area (Å²) in [5, 5.41) is 4.25. The molecule has 1 atom stereocenters. The van der Waals surface area contributed by atoms with Crippen LogP contribution in [0.1, 0.15) is 17.4 Å². The topological polar surface area (TPSA) is 89.4 Å². The molecule has 0 bridgehead atoms. The monoisotopic (exact) mass is 253 g/mol. The Labute approximate surface area is 104 Å². The SMILES string of the molecule is CNC(=O)NC(=O)[C@H](C)OC(=O)c1cccn1C. The van der Waals surface area contributed by atoms with Crippen molar-refractivity contribution < 1.29 is 19.1 Å². The van der Waals surface area contributed by atoms with E-state index in [1.54, 1.807) is 29.9 Å². The number of aromatic nitrogens is 1. The van der Waals surface area contributed by atoms with Crippen LogP contribution in [0, 0.1) is 0 Å². The summed E-state index contributed by atoms with van der Waals surface area (Å²) in [6, 6.07) is 2.61. The number of imide groups is 1. The lowest BCUT2D eigenvalue weighted by Crippen LogP contribution is -2.43. The lowest BCUT2D eigenvalue weighted by Gasteiger charge is -2.12. The molecule has 0 fully saturated rings. The molecule has 3 amide bonds. The Kier molecular flexibility index (Phi) is 4.47. The zero-order chi connectivity index (χ0) is 13.7. The third-order valence-electron chi connectivity index (χ3n) is 2.27. The number of hydrogen-bond donors (Lipinski definition) is 2. The Balaban J connectivity index is 2.57. The van der Waals surface area contributed by atoms with Crippen LogP contribution < -0.4 is 10.6 Å². The van der Waals surface area contributed by atoms with Crippen molar-refractivity contribution in [2.45, 2.75) is 13.0 Å². The molecule has 0 unspecified atom stereocenters. The van der Waals surface area contributed by atoms with Crippen LogP contribution in [0.25, 0.3) is 0 Å². The Morgan fingerprint density at radius 1 is 1.39 bits per heavy atom. The summed E-state index contributed by atoms with van der Waals surface area (Å²) in [4.78, 5) is 34.0. The van der Waals surface area contributed by atoms with Gasteiger partial charge in [0.2, 0.25) is 0 Å². The van der Waals surface area contributed by atoms with Gasteiger partial charge in [-0.1, -0.05) is 0 Å². The molecular weight excluding hydrogens is 238 g/mol. The number of rotatable bonds is 3. The molecule has 1 heterocycles. The molecule has 0 spiro atoms. The predicted octanol–water partition coefficient (Wildman–Crippen LogP) is 0.0260. The number of aryl methyl sites for hydroxylation is 1. The van der Waals surface area contributed by atoms with Crippen molar-refractivity contribution in [3.05, 3.63) is 24.0 Å². The van der Waals surface area contributed by atoms with Crippen LogP contribution in [0.4, 0.5) is 4.79 Å². The highest BCUT2D eigenvalue weighted by Crippen LogP contribution is 2.04. The molecule has 1 aromatic heterocycles. The smallest absolute Gasteiger partial charge is 0.355 e. The second kappa shape index (κ2) is 5.85. The van der Waals surface area contributed by atoms with E-state index in [4.69, 9.17) is 4.74 Å². The van der Waals surface area contributed by atoms with Crippen LogP contribution in [-0.4, -0.2) is 35.6 Å². The number of esters is 1. The van der Waals surface area contributed by atoms with Crippen molar-refractivity contribution >= 4 is 17.9 Å². The first-order valence-electron chi connectivity index (χ1n) is 5.30. The second-order valence-electron chi connectivity index (χ2n) is 3.62. The molecule has 2 N–H and O–H groups in total. The van der Waals surface area contributed by atoms with Crippen molar-refractivity contribution in [1.82, 2.24) is 15.2 Å². The van der Waals surface area contributed by atoms with E-state index in [9.17, 15) is 14.4 Å². The molecule has 0 aliphatic heterocycles. The molecule has 0 radical (unpaired) electrons. The normalized spacial score (nSPS) is 11.5. The maximum Gasteiger partial charge on any atom is 0.355 e. The molecule has 7 heteroatoms. The third kappa shape index (κ3) is 3.34. The fourth-order valence-corrected chi connectivity index (χ4v) is 1.22. The predicted molar refractivity (Wildman–Crippen MR) is 62.9 cm³/mol. The number of urea groups is 1. The van der Waals surface area contributed by atoms with Crippen molar-refractivity contribution in [3.8, 4) is 0 Å². The van der Waals surface area contributed by atoms with E-state index in [1.165, 1.54) is 14.0 Å². The highest BCUT2D eigenvalue weighted by molar-refractivity contribution is 5.98. The van der Waals surface area contributed by atoms with E-state index in [-0.39, 0.29) is 0 Å². The zero-order valence-electron chi connectivity index (χ0n) is 10.4. The van der Waals surface area contributed by atoms with Crippen LogP contribution in [0.3, 0.4) is 0 Å². The van der Waals surface area contributed by atoms with Crippen molar-refractivity contribution in [1.29, 1.82) is 0 Å². The summed E-state index contributed by atoms with van der Waals surface area (Å²) in [5.74, 6) is -1.31. The summed E-state index contributed by atoms with van der Waals surface area (Å²) in [6.07, 6.45) is 0.635. The maximum atomic E-state index is 11.7. The highest BCUT2D eigenvalue weighted by Gasteiger charge is 2.21.